The van der Waals surface area contributed by atoms with Crippen LogP contribution in [0, 0.1) is 11.3 Å². The molecule has 1 aromatic heterocycles. The number of carbonyl (C=O) groups is 1. The minimum atomic E-state index is -0.0572. The predicted molar refractivity (Wildman–Crippen MR) is 68.7 cm³/mol. The first-order chi connectivity index (χ1) is 8.20. The van der Waals surface area contributed by atoms with Crippen LogP contribution in [0.2, 0.25) is 0 Å². The molecule has 0 spiro atoms. The summed E-state index contributed by atoms with van der Waals surface area (Å²) >= 11 is 3.28. The van der Waals surface area contributed by atoms with Crippen LogP contribution >= 0.6 is 15.9 Å². The van der Waals surface area contributed by atoms with E-state index in [1.54, 1.807) is 6.07 Å². The van der Waals surface area contributed by atoms with Gasteiger partial charge in [-0.05, 0) is 65.1 Å². The first-order valence-electron chi connectivity index (χ1n) is 6.10. The highest BCUT2D eigenvalue weighted by Gasteiger charge is 2.53. The molecule has 1 amide bonds. The second-order valence-electron chi connectivity index (χ2n) is 5.16. The topological polar surface area (TPSA) is 42.0 Å². The first kappa shape index (κ1) is 11.2. The van der Waals surface area contributed by atoms with Crippen LogP contribution in [0.5, 0.6) is 0 Å². The number of amides is 1. The summed E-state index contributed by atoms with van der Waals surface area (Å²) in [7, 11) is 0. The highest BCUT2D eigenvalue weighted by atomic mass is 79.9. The zero-order valence-electron chi connectivity index (χ0n) is 9.58. The van der Waals surface area contributed by atoms with Crippen molar-refractivity contribution in [3.8, 4) is 0 Å². The van der Waals surface area contributed by atoms with Crippen LogP contribution in [0.25, 0.3) is 0 Å². The number of hydrogen-bond acceptors (Lipinski definition) is 2. The van der Waals surface area contributed by atoms with Gasteiger partial charge < -0.3 is 5.32 Å². The molecule has 0 bridgehead atoms. The summed E-state index contributed by atoms with van der Waals surface area (Å²) in [4.78, 5) is 16.1. The molecule has 0 unspecified atom stereocenters. The number of halogens is 1. The molecule has 3 rings (SSSR count). The molecule has 0 atom stereocenters. The standard InChI is InChI=1S/C13H15BrN2O/c14-11-3-1-2-10(16-11)12(17)15-8-13(6-7-13)9-4-5-9/h1-3,9H,4-8H2,(H,15,17). The Bertz CT molecular complexity index is 452. The van der Waals surface area contributed by atoms with Gasteiger partial charge in [0.1, 0.15) is 10.3 Å². The normalized spacial score (nSPS) is 21.0. The maximum Gasteiger partial charge on any atom is 0.269 e. The Morgan fingerprint density at radius 2 is 2.24 bits per heavy atom. The third-order valence-electron chi connectivity index (χ3n) is 3.88. The van der Waals surface area contributed by atoms with E-state index in [9.17, 15) is 4.79 Å². The van der Waals surface area contributed by atoms with E-state index < -0.39 is 0 Å². The van der Waals surface area contributed by atoms with Gasteiger partial charge >= 0.3 is 0 Å². The monoisotopic (exact) mass is 294 g/mol. The second kappa shape index (κ2) is 4.09. The van der Waals surface area contributed by atoms with Crippen molar-refractivity contribution in [3.05, 3.63) is 28.5 Å². The highest BCUT2D eigenvalue weighted by molar-refractivity contribution is 9.10. The quantitative estimate of drug-likeness (QED) is 0.868. The molecule has 4 heteroatoms. The molecule has 90 valence electrons. The molecule has 1 N–H and O–H groups in total. The van der Waals surface area contributed by atoms with Gasteiger partial charge in [-0.1, -0.05) is 6.07 Å². The Balaban J connectivity index is 1.60. The van der Waals surface area contributed by atoms with Crippen molar-refractivity contribution in [2.24, 2.45) is 11.3 Å². The molecular weight excluding hydrogens is 280 g/mol. The van der Waals surface area contributed by atoms with Crippen LogP contribution in [0.15, 0.2) is 22.8 Å². The van der Waals surface area contributed by atoms with E-state index in [0.29, 0.717) is 15.7 Å². The van der Waals surface area contributed by atoms with Crippen molar-refractivity contribution < 1.29 is 4.79 Å². The molecule has 0 aromatic carbocycles. The Hall–Kier alpha value is -0.900. The van der Waals surface area contributed by atoms with E-state index in [-0.39, 0.29) is 5.91 Å². The van der Waals surface area contributed by atoms with Gasteiger partial charge in [-0.25, -0.2) is 4.98 Å². The maximum atomic E-state index is 11.9. The molecule has 1 heterocycles. The average Bonchev–Trinajstić information content (AvgIpc) is 3.15. The number of nitrogens with one attached hydrogen (secondary N) is 1. The highest BCUT2D eigenvalue weighted by Crippen LogP contribution is 2.60. The lowest BCUT2D eigenvalue weighted by Gasteiger charge is -2.14. The zero-order chi connectivity index (χ0) is 11.9. The lowest BCUT2D eigenvalue weighted by atomic mass is 10.0. The van der Waals surface area contributed by atoms with Crippen molar-refractivity contribution in [1.82, 2.24) is 10.3 Å². The van der Waals surface area contributed by atoms with Crippen LogP contribution in [0.1, 0.15) is 36.2 Å². The summed E-state index contributed by atoms with van der Waals surface area (Å²) in [5.41, 5.74) is 0.938. The maximum absolute atomic E-state index is 11.9. The summed E-state index contributed by atoms with van der Waals surface area (Å²) in [6, 6.07) is 5.40. The van der Waals surface area contributed by atoms with Gasteiger partial charge in [0.2, 0.25) is 0 Å². The Labute approximate surface area is 109 Å². The number of pyridine rings is 1. The smallest absolute Gasteiger partial charge is 0.269 e. The van der Waals surface area contributed by atoms with Crippen molar-refractivity contribution >= 4 is 21.8 Å². The van der Waals surface area contributed by atoms with E-state index in [4.69, 9.17) is 0 Å². The van der Waals surface area contributed by atoms with Crippen LogP contribution in [-0.4, -0.2) is 17.4 Å². The predicted octanol–water partition coefficient (Wildman–Crippen LogP) is 2.76. The van der Waals surface area contributed by atoms with Gasteiger partial charge in [-0.3, -0.25) is 4.79 Å². The van der Waals surface area contributed by atoms with E-state index in [1.807, 2.05) is 12.1 Å². The average molecular weight is 295 g/mol. The lowest BCUT2D eigenvalue weighted by Crippen LogP contribution is -2.31. The number of hydrogen-bond donors (Lipinski definition) is 1. The number of rotatable bonds is 4. The summed E-state index contributed by atoms with van der Waals surface area (Å²) in [6.07, 6.45) is 5.27. The lowest BCUT2D eigenvalue weighted by molar-refractivity contribution is 0.0937. The van der Waals surface area contributed by atoms with Crippen molar-refractivity contribution in [2.45, 2.75) is 25.7 Å². The Kier molecular flexibility index (Phi) is 2.69. The van der Waals surface area contributed by atoms with E-state index in [0.717, 1.165) is 12.5 Å². The second-order valence-corrected chi connectivity index (χ2v) is 5.98. The summed E-state index contributed by atoms with van der Waals surface area (Å²) in [5.74, 6) is 0.816. The van der Waals surface area contributed by atoms with Gasteiger partial charge in [0.25, 0.3) is 5.91 Å². The third kappa shape index (κ3) is 2.37. The van der Waals surface area contributed by atoms with Crippen molar-refractivity contribution in [1.29, 1.82) is 0 Å². The molecular formula is C13H15BrN2O. The van der Waals surface area contributed by atoms with Gasteiger partial charge in [-0.15, -0.1) is 0 Å². The molecule has 2 saturated carbocycles. The molecule has 0 saturated heterocycles. The van der Waals surface area contributed by atoms with Crippen molar-refractivity contribution in [3.63, 3.8) is 0 Å². The summed E-state index contributed by atoms with van der Waals surface area (Å²) < 4.78 is 0.702. The van der Waals surface area contributed by atoms with E-state index in [1.165, 1.54) is 25.7 Å². The number of aromatic nitrogens is 1. The molecule has 0 aliphatic heterocycles. The third-order valence-corrected chi connectivity index (χ3v) is 4.33. The minimum absolute atomic E-state index is 0.0572. The fraction of sp³-hybridized carbons (Fsp3) is 0.538. The molecule has 2 aliphatic carbocycles. The SMILES string of the molecule is O=C(NCC1(C2CC2)CC1)c1cccc(Br)n1. The van der Waals surface area contributed by atoms with Gasteiger partial charge in [-0.2, -0.15) is 0 Å². The van der Waals surface area contributed by atoms with E-state index >= 15 is 0 Å². The fourth-order valence-electron chi connectivity index (χ4n) is 2.47. The minimum Gasteiger partial charge on any atom is -0.350 e. The van der Waals surface area contributed by atoms with E-state index in [2.05, 4.69) is 26.2 Å². The fourth-order valence-corrected chi connectivity index (χ4v) is 2.81. The molecule has 2 aliphatic rings. The molecule has 17 heavy (non-hydrogen) atoms. The summed E-state index contributed by atoms with van der Waals surface area (Å²) in [5, 5.41) is 3.03. The van der Waals surface area contributed by atoms with Gasteiger partial charge in [0.05, 0.1) is 0 Å². The molecule has 2 fully saturated rings. The largest absolute Gasteiger partial charge is 0.350 e. The van der Waals surface area contributed by atoms with Crippen LogP contribution < -0.4 is 5.32 Å². The Morgan fingerprint density at radius 3 is 2.82 bits per heavy atom. The molecule has 1 aromatic rings. The Morgan fingerprint density at radius 1 is 1.47 bits per heavy atom. The zero-order valence-corrected chi connectivity index (χ0v) is 11.2. The number of carbonyl (C=O) groups excluding carboxylic acids is 1. The molecule has 3 nitrogen and oxygen atoms in total. The van der Waals surface area contributed by atoms with Gasteiger partial charge in [0, 0.05) is 6.54 Å². The molecule has 0 radical (unpaired) electrons. The first-order valence-corrected chi connectivity index (χ1v) is 6.90. The van der Waals surface area contributed by atoms with Crippen LogP contribution in [0.3, 0.4) is 0 Å². The van der Waals surface area contributed by atoms with Gasteiger partial charge in [0.15, 0.2) is 0 Å². The number of nitrogens with zero attached hydrogens (tertiary/aromatic N) is 1. The van der Waals surface area contributed by atoms with Crippen LogP contribution in [-0.2, 0) is 0 Å². The van der Waals surface area contributed by atoms with Crippen molar-refractivity contribution in [2.75, 3.05) is 6.54 Å². The van der Waals surface area contributed by atoms with Crippen LogP contribution in [0.4, 0.5) is 0 Å². The summed E-state index contributed by atoms with van der Waals surface area (Å²) in [6.45, 7) is 0.824.